The molecule has 0 saturated carbocycles. The van der Waals surface area contributed by atoms with Gasteiger partial charge >= 0.3 is 0 Å². The van der Waals surface area contributed by atoms with Gasteiger partial charge in [0, 0.05) is 25.4 Å². The van der Waals surface area contributed by atoms with Crippen LogP contribution in [0.2, 0.25) is 0 Å². The maximum atomic E-state index is 11.4. The van der Waals surface area contributed by atoms with Crippen LogP contribution in [0.1, 0.15) is 40.5 Å². The van der Waals surface area contributed by atoms with Crippen molar-refractivity contribution in [3.05, 3.63) is 0 Å². The fourth-order valence-corrected chi connectivity index (χ4v) is 1.98. The van der Waals surface area contributed by atoms with Crippen molar-refractivity contribution >= 4 is 5.78 Å². The molecule has 0 atom stereocenters. The number of nitrogens with zero attached hydrogens (tertiary/aromatic N) is 1. The van der Waals surface area contributed by atoms with Crippen LogP contribution in [-0.4, -0.2) is 30.3 Å². The second-order valence-corrected chi connectivity index (χ2v) is 5.49. The lowest BCUT2D eigenvalue weighted by Gasteiger charge is -2.41. The largest absolute Gasteiger partial charge is 0.303 e. The smallest absolute Gasteiger partial charge is 0.135 e. The maximum Gasteiger partial charge on any atom is 0.135 e. The number of hydrogen-bond donors (Lipinski definition) is 0. The minimum atomic E-state index is 0.213. The van der Waals surface area contributed by atoms with E-state index in [4.69, 9.17) is 0 Å². The lowest BCUT2D eigenvalue weighted by molar-refractivity contribution is -0.122. The molecule has 0 aliphatic carbocycles. The fourth-order valence-electron chi connectivity index (χ4n) is 1.98. The van der Waals surface area contributed by atoms with Gasteiger partial charge in [0.25, 0.3) is 0 Å². The van der Waals surface area contributed by atoms with Gasteiger partial charge in [-0.1, -0.05) is 27.7 Å². The molecule has 0 radical (unpaired) electrons. The Morgan fingerprint density at radius 3 is 2.33 bits per heavy atom. The second-order valence-electron chi connectivity index (χ2n) is 5.49. The molecule has 1 rings (SSSR count). The first-order valence-corrected chi connectivity index (χ1v) is 6.25. The molecule has 1 fully saturated rings. The highest BCUT2D eigenvalue weighted by Crippen LogP contribution is 2.23. The molecule has 1 saturated heterocycles. The number of carbonyl (C=O) groups is 1. The van der Waals surface area contributed by atoms with Crippen LogP contribution in [0.3, 0.4) is 0 Å². The van der Waals surface area contributed by atoms with Crippen molar-refractivity contribution < 1.29 is 4.79 Å². The van der Waals surface area contributed by atoms with Crippen LogP contribution in [0.4, 0.5) is 0 Å². The molecule has 88 valence electrons. The van der Waals surface area contributed by atoms with E-state index >= 15 is 0 Å². The van der Waals surface area contributed by atoms with E-state index in [1.54, 1.807) is 0 Å². The molecule has 0 bridgehead atoms. The molecule has 0 aromatic heterocycles. The Morgan fingerprint density at radius 1 is 1.27 bits per heavy atom. The summed E-state index contributed by atoms with van der Waals surface area (Å²) in [5.74, 6) is 2.34. The quantitative estimate of drug-likeness (QED) is 0.673. The van der Waals surface area contributed by atoms with E-state index in [0.717, 1.165) is 31.2 Å². The molecule has 0 unspecified atom stereocenters. The average molecular weight is 211 g/mol. The highest BCUT2D eigenvalue weighted by molar-refractivity contribution is 5.80. The SMILES string of the molecule is CC(C)C(=O)CCCN1CC(C(C)C)C1. The molecule has 1 heterocycles. The van der Waals surface area contributed by atoms with E-state index in [1.165, 1.54) is 13.1 Å². The lowest BCUT2D eigenvalue weighted by atomic mass is 9.88. The second kappa shape index (κ2) is 5.64. The lowest BCUT2D eigenvalue weighted by Crippen LogP contribution is -2.49. The van der Waals surface area contributed by atoms with Gasteiger partial charge in [0.2, 0.25) is 0 Å². The normalized spacial score (nSPS) is 18.5. The molecule has 1 aliphatic rings. The molecule has 0 spiro atoms. The number of hydrogen-bond acceptors (Lipinski definition) is 2. The van der Waals surface area contributed by atoms with Crippen molar-refractivity contribution in [3.8, 4) is 0 Å². The molecule has 0 N–H and O–H groups in total. The molecular weight excluding hydrogens is 186 g/mol. The average Bonchev–Trinajstić information content (AvgIpc) is 2.07. The predicted molar refractivity (Wildman–Crippen MR) is 63.8 cm³/mol. The Kier molecular flexibility index (Phi) is 4.78. The topological polar surface area (TPSA) is 20.3 Å². The number of ketones is 1. The summed E-state index contributed by atoms with van der Waals surface area (Å²) in [6, 6.07) is 0. The van der Waals surface area contributed by atoms with Gasteiger partial charge in [-0.3, -0.25) is 4.79 Å². The van der Waals surface area contributed by atoms with Gasteiger partial charge in [-0.15, -0.1) is 0 Å². The third-order valence-electron chi connectivity index (χ3n) is 3.47. The monoisotopic (exact) mass is 211 g/mol. The Hall–Kier alpha value is -0.370. The molecule has 1 aliphatic heterocycles. The van der Waals surface area contributed by atoms with Gasteiger partial charge in [-0.2, -0.15) is 0 Å². The Morgan fingerprint density at radius 2 is 1.87 bits per heavy atom. The van der Waals surface area contributed by atoms with Gasteiger partial charge in [0.15, 0.2) is 0 Å². The summed E-state index contributed by atoms with van der Waals surface area (Å²) >= 11 is 0. The van der Waals surface area contributed by atoms with Crippen molar-refractivity contribution in [2.24, 2.45) is 17.8 Å². The van der Waals surface area contributed by atoms with Gasteiger partial charge in [-0.05, 0) is 24.8 Å². The van der Waals surface area contributed by atoms with Crippen LogP contribution in [0.25, 0.3) is 0 Å². The van der Waals surface area contributed by atoms with E-state index < -0.39 is 0 Å². The van der Waals surface area contributed by atoms with Crippen LogP contribution < -0.4 is 0 Å². The van der Waals surface area contributed by atoms with E-state index in [1.807, 2.05) is 13.8 Å². The van der Waals surface area contributed by atoms with Crippen molar-refractivity contribution in [3.63, 3.8) is 0 Å². The van der Waals surface area contributed by atoms with Gasteiger partial charge in [-0.25, -0.2) is 0 Å². The van der Waals surface area contributed by atoms with Crippen LogP contribution >= 0.6 is 0 Å². The minimum absolute atomic E-state index is 0.213. The van der Waals surface area contributed by atoms with Crippen LogP contribution in [0.5, 0.6) is 0 Å². The maximum absolute atomic E-state index is 11.4. The highest BCUT2D eigenvalue weighted by Gasteiger charge is 2.28. The van der Waals surface area contributed by atoms with Gasteiger partial charge < -0.3 is 4.90 Å². The van der Waals surface area contributed by atoms with E-state index in [9.17, 15) is 4.79 Å². The molecule has 0 amide bonds. The molecule has 15 heavy (non-hydrogen) atoms. The molecule has 0 aromatic carbocycles. The summed E-state index contributed by atoms with van der Waals surface area (Å²) in [7, 11) is 0. The Balaban J connectivity index is 2.02. The summed E-state index contributed by atoms with van der Waals surface area (Å²) in [5, 5.41) is 0. The third kappa shape index (κ3) is 3.94. The predicted octanol–water partition coefficient (Wildman–Crippen LogP) is 2.58. The molecule has 2 nitrogen and oxygen atoms in total. The zero-order valence-corrected chi connectivity index (χ0v) is 10.6. The Labute approximate surface area is 94.0 Å². The minimum Gasteiger partial charge on any atom is -0.303 e. The van der Waals surface area contributed by atoms with Crippen LogP contribution in [-0.2, 0) is 4.79 Å². The standard InChI is InChI=1S/C13H25NO/c1-10(2)12-8-14(9-12)7-5-6-13(15)11(3)4/h10-12H,5-9H2,1-4H3. The first-order chi connectivity index (χ1) is 7.00. The van der Waals surface area contributed by atoms with Gasteiger partial charge in [0.05, 0.1) is 0 Å². The highest BCUT2D eigenvalue weighted by atomic mass is 16.1. The van der Waals surface area contributed by atoms with Crippen molar-refractivity contribution in [1.82, 2.24) is 4.90 Å². The first-order valence-electron chi connectivity index (χ1n) is 6.25. The van der Waals surface area contributed by atoms with Crippen LogP contribution in [0.15, 0.2) is 0 Å². The van der Waals surface area contributed by atoms with Crippen molar-refractivity contribution in [1.29, 1.82) is 0 Å². The zero-order chi connectivity index (χ0) is 11.4. The van der Waals surface area contributed by atoms with Gasteiger partial charge in [0.1, 0.15) is 5.78 Å². The number of rotatable bonds is 6. The van der Waals surface area contributed by atoms with Crippen molar-refractivity contribution in [2.75, 3.05) is 19.6 Å². The Bertz CT molecular complexity index is 205. The summed E-state index contributed by atoms with van der Waals surface area (Å²) in [4.78, 5) is 13.9. The molecular formula is C13H25NO. The van der Waals surface area contributed by atoms with Crippen molar-refractivity contribution in [2.45, 2.75) is 40.5 Å². The molecule has 2 heteroatoms. The summed E-state index contributed by atoms with van der Waals surface area (Å²) in [5.41, 5.74) is 0. The summed E-state index contributed by atoms with van der Waals surface area (Å²) < 4.78 is 0. The van der Waals surface area contributed by atoms with E-state index in [0.29, 0.717) is 5.78 Å². The van der Waals surface area contributed by atoms with Crippen LogP contribution in [0, 0.1) is 17.8 Å². The third-order valence-corrected chi connectivity index (χ3v) is 3.47. The summed E-state index contributed by atoms with van der Waals surface area (Å²) in [6.07, 6.45) is 1.81. The molecule has 0 aromatic rings. The fraction of sp³-hybridized carbons (Fsp3) is 0.923. The van der Waals surface area contributed by atoms with E-state index in [-0.39, 0.29) is 5.92 Å². The number of carbonyl (C=O) groups excluding carboxylic acids is 1. The first kappa shape index (κ1) is 12.7. The zero-order valence-electron chi connectivity index (χ0n) is 10.6. The summed E-state index contributed by atoms with van der Waals surface area (Å²) in [6.45, 7) is 12.2. The number of likely N-dealkylation sites (tertiary alicyclic amines) is 1. The number of Topliss-reactive ketones (excluding diaryl/α,β-unsaturated/α-hetero) is 1. The van der Waals surface area contributed by atoms with E-state index in [2.05, 4.69) is 18.7 Å².